The molecule has 18 heavy (non-hydrogen) atoms. The van der Waals surface area contributed by atoms with Crippen molar-refractivity contribution < 1.29 is 24.2 Å². The van der Waals surface area contributed by atoms with E-state index < -0.39 is 30.3 Å². The van der Waals surface area contributed by atoms with E-state index in [0.717, 1.165) is 7.11 Å². The molecule has 1 rings (SSSR count). The number of carboxylic acid groups (broad SMARTS) is 1. The molecule has 0 radical (unpaired) electrons. The molecular weight excluding hydrogens is 238 g/mol. The maximum Gasteiger partial charge on any atom is 0.328 e. The van der Waals surface area contributed by atoms with Crippen molar-refractivity contribution in [3.8, 4) is 0 Å². The molecule has 0 unspecified atom stereocenters. The first-order chi connectivity index (χ1) is 8.54. The van der Waals surface area contributed by atoms with Gasteiger partial charge in [-0.05, 0) is 12.1 Å². The molecule has 0 spiro atoms. The molecule has 0 heterocycles. The minimum absolute atomic E-state index is 0.324. The monoisotopic (exact) mass is 250 g/mol. The van der Waals surface area contributed by atoms with Crippen LogP contribution in [-0.4, -0.2) is 31.0 Å². The topological polar surface area (TPSA) is 95.5 Å². The summed E-state index contributed by atoms with van der Waals surface area (Å²) >= 11 is 0. The quantitative estimate of drug-likeness (QED) is 0.683. The van der Waals surface area contributed by atoms with Gasteiger partial charge in [-0.3, -0.25) is 4.79 Å². The molecule has 96 valence electrons. The zero-order valence-corrected chi connectivity index (χ0v) is 9.71. The van der Waals surface area contributed by atoms with E-state index >= 15 is 0 Å². The number of aliphatic carboxylic acids is 1. The SMILES string of the molecule is COC(=O)[C@H](CC(=O)[O-])NC(=O)c1ccccc1. The number of carbonyl (C=O) groups is 3. The second-order valence-corrected chi connectivity index (χ2v) is 3.49. The molecule has 6 nitrogen and oxygen atoms in total. The van der Waals surface area contributed by atoms with Crippen LogP contribution < -0.4 is 10.4 Å². The fraction of sp³-hybridized carbons (Fsp3) is 0.250. The lowest BCUT2D eigenvalue weighted by molar-refractivity contribution is -0.306. The first kappa shape index (κ1) is 13.7. The van der Waals surface area contributed by atoms with Gasteiger partial charge in [0.15, 0.2) is 0 Å². The Morgan fingerprint density at radius 1 is 1.28 bits per heavy atom. The van der Waals surface area contributed by atoms with E-state index in [4.69, 9.17) is 0 Å². The molecule has 0 aliphatic heterocycles. The molecule has 1 N–H and O–H groups in total. The molecule has 6 heteroatoms. The van der Waals surface area contributed by atoms with Gasteiger partial charge in [0.1, 0.15) is 6.04 Å². The zero-order valence-electron chi connectivity index (χ0n) is 9.71. The fourth-order valence-corrected chi connectivity index (χ4v) is 1.33. The van der Waals surface area contributed by atoms with Gasteiger partial charge in [0.25, 0.3) is 5.91 Å². The molecule has 0 fully saturated rings. The van der Waals surface area contributed by atoms with Crippen LogP contribution in [0, 0.1) is 0 Å². The Labute approximate surface area is 104 Å². The van der Waals surface area contributed by atoms with Crippen molar-refractivity contribution in [1.82, 2.24) is 5.32 Å². The summed E-state index contributed by atoms with van der Waals surface area (Å²) in [5.74, 6) is -2.82. The van der Waals surface area contributed by atoms with Crippen LogP contribution in [0.2, 0.25) is 0 Å². The molecule has 0 bridgehead atoms. The number of hydrogen-bond donors (Lipinski definition) is 1. The Morgan fingerprint density at radius 2 is 1.89 bits per heavy atom. The molecule has 0 saturated heterocycles. The second-order valence-electron chi connectivity index (χ2n) is 3.49. The Kier molecular flexibility index (Phi) is 4.86. The maximum atomic E-state index is 11.7. The summed E-state index contributed by atoms with van der Waals surface area (Å²) in [5, 5.41) is 12.8. The van der Waals surface area contributed by atoms with Crippen LogP contribution in [0.3, 0.4) is 0 Å². The highest BCUT2D eigenvalue weighted by Gasteiger charge is 2.22. The molecule has 0 aromatic heterocycles. The average Bonchev–Trinajstić information content (AvgIpc) is 2.37. The maximum absolute atomic E-state index is 11.7. The third-order valence-corrected chi connectivity index (χ3v) is 2.20. The van der Waals surface area contributed by atoms with Gasteiger partial charge < -0.3 is 20.0 Å². The lowest BCUT2D eigenvalue weighted by atomic mass is 10.1. The van der Waals surface area contributed by atoms with Crippen molar-refractivity contribution in [3.05, 3.63) is 35.9 Å². The molecule has 1 atom stereocenters. The van der Waals surface area contributed by atoms with Crippen LogP contribution in [0.25, 0.3) is 0 Å². The van der Waals surface area contributed by atoms with Crippen LogP contribution in [0.1, 0.15) is 16.8 Å². The third kappa shape index (κ3) is 3.89. The van der Waals surface area contributed by atoms with E-state index in [2.05, 4.69) is 10.1 Å². The number of nitrogens with one attached hydrogen (secondary N) is 1. The van der Waals surface area contributed by atoms with E-state index in [0.29, 0.717) is 5.56 Å². The van der Waals surface area contributed by atoms with E-state index in [1.807, 2.05) is 0 Å². The Morgan fingerprint density at radius 3 is 2.39 bits per heavy atom. The first-order valence-corrected chi connectivity index (χ1v) is 5.18. The summed E-state index contributed by atoms with van der Waals surface area (Å²) in [4.78, 5) is 33.5. The summed E-state index contributed by atoms with van der Waals surface area (Å²) in [6.45, 7) is 0. The predicted molar refractivity (Wildman–Crippen MR) is 59.3 cm³/mol. The normalized spacial score (nSPS) is 11.4. The second kappa shape index (κ2) is 6.39. The number of amides is 1. The van der Waals surface area contributed by atoms with Gasteiger partial charge in [0, 0.05) is 18.0 Å². The van der Waals surface area contributed by atoms with Gasteiger partial charge in [0.2, 0.25) is 0 Å². The van der Waals surface area contributed by atoms with Gasteiger partial charge in [-0.25, -0.2) is 4.79 Å². The van der Waals surface area contributed by atoms with Gasteiger partial charge >= 0.3 is 5.97 Å². The smallest absolute Gasteiger partial charge is 0.328 e. The van der Waals surface area contributed by atoms with Crippen LogP contribution >= 0.6 is 0 Å². The van der Waals surface area contributed by atoms with Gasteiger partial charge in [-0.15, -0.1) is 0 Å². The molecule has 0 saturated carbocycles. The Bertz CT molecular complexity index is 443. The minimum Gasteiger partial charge on any atom is -0.550 e. The zero-order chi connectivity index (χ0) is 13.5. The van der Waals surface area contributed by atoms with Gasteiger partial charge in [0.05, 0.1) is 7.11 Å². The number of carbonyl (C=O) groups excluding carboxylic acids is 3. The number of benzene rings is 1. The highest BCUT2D eigenvalue weighted by Crippen LogP contribution is 2.01. The minimum atomic E-state index is -1.45. The molecule has 1 aromatic carbocycles. The fourth-order valence-electron chi connectivity index (χ4n) is 1.33. The highest BCUT2D eigenvalue weighted by atomic mass is 16.5. The first-order valence-electron chi connectivity index (χ1n) is 5.18. The molecule has 1 aromatic rings. The van der Waals surface area contributed by atoms with Gasteiger partial charge in [-0.2, -0.15) is 0 Å². The summed E-state index contributed by atoms with van der Waals surface area (Å²) in [6, 6.07) is 6.87. The van der Waals surface area contributed by atoms with Gasteiger partial charge in [-0.1, -0.05) is 18.2 Å². The van der Waals surface area contributed by atoms with E-state index in [1.54, 1.807) is 30.3 Å². The summed E-state index contributed by atoms with van der Waals surface area (Å²) in [6.07, 6.45) is -0.634. The number of carboxylic acids is 1. The van der Waals surface area contributed by atoms with Crippen LogP contribution in [0.5, 0.6) is 0 Å². The van der Waals surface area contributed by atoms with Crippen LogP contribution in [0.4, 0.5) is 0 Å². The standard InChI is InChI=1S/C12H13NO5/c1-18-12(17)9(7-10(14)15)13-11(16)8-5-3-2-4-6-8/h2-6,9H,7H2,1H3,(H,13,16)(H,14,15)/p-1/t9-/m0/s1. The van der Waals surface area contributed by atoms with Crippen molar-refractivity contribution in [2.45, 2.75) is 12.5 Å². The molecular formula is C12H12NO5-. The summed E-state index contributed by atoms with van der Waals surface area (Å²) < 4.78 is 4.41. The predicted octanol–water partition coefficient (Wildman–Crippen LogP) is -0.902. The molecule has 0 aliphatic rings. The number of ether oxygens (including phenoxy) is 1. The van der Waals surface area contributed by atoms with Crippen molar-refractivity contribution in [2.75, 3.05) is 7.11 Å². The molecule has 1 amide bonds. The van der Waals surface area contributed by atoms with Crippen molar-refractivity contribution in [3.63, 3.8) is 0 Å². The van der Waals surface area contributed by atoms with Crippen LogP contribution in [0.15, 0.2) is 30.3 Å². The molecule has 0 aliphatic carbocycles. The Balaban J connectivity index is 2.74. The highest BCUT2D eigenvalue weighted by molar-refractivity contribution is 5.97. The van der Waals surface area contributed by atoms with Crippen molar-refractivity contribution in [1.29, 1.82) is 0 Å². The Hall–Kier alpha value is -2.37. The summed E-state index contributed by atoms with van der Waals surface area (Å²) in [5.41, 5.74) is 0.324. The van der Waals surface area contributed by atoms with E-state index in [-0.39, 0.29) is 0 Å². The van der Waals surface area contributed by atoms with Crippen molar-refractivity contribution >= 4 is 17.8 Å². The largest absolute Gasteiger partial charge is 0.550 e. The average molecular weight is 250 g/mol. The number of rotatable bonds is 5. The number of methoxy groups -OCH3 is 1. The van der Waals surface area contributed by atoms with Crippen molar-refractivity contribution in [2.24, 2.45) is 0 Å². The summed E-state index contributed by atoms with van der Waals surface area (Å²) in [7, 11) is 1.11. The van der Waals surface area contributed by atoms with E-state index in [1.165, 1.54) is 0 Å². The third-order valence-electron chi connectivity index (χ3n) is 2.20. The number of hydrogen-bond acceptors (Lipinski definition) is 5. The number of esters is 1. The van der Waals surface area contributed by atoms with Crippen LogP contribution in [-0.2, 0) is 14.3 Å². The van der Waals surface area contributed by atoms with E-state index in [9.17, 15) is 19.5 Å². The lowest BCUT2D eigenvalue weighted by Gasteiger charge is -2.16. The lowest BCUT2D eigenvalue weighted by Crippen LogP contribution is -2.45.